The van der Waals surface area contributed by atoms with E-state index in [2.05, 4.69) is 34.5 Å². The molecular weight excluding hydrogens is 365 g/mol. The highest BCUT2D eigenvalue weighted by Gasteiger charge is 2.28. The first kappa shape index (κ1) is 19.8. The predicted octanol–water partition coefficient (Wildman–Crippen LogP) is 2.81. The minimum atomic E-state index is -0.715. The second-order valence-electron chi connectivity index (χ2n) is 6.51. The summed E-state index contributed by atoms with van der Waals surface area (Å²) in [5.41, 5.74) is 6.08. The highest BCUT2D eigenvalue weighted by atomic mass is 19.1. The fourth-order valence-corrected chi connectivity index (χ4v) is 3.17. The standard InChI is InChI=1S/C19H24FN5O3/c1-3-4-5-12-6-7-28-11-15(12)25-10-14(18(21)26)19(24-25)22-13-8-16(20)23-17(9-13)27-2/h4-5,8-10,12,15H,3,6-7,11H2,1-2H3,(H2,21,26)(H,22,23,24)/t12-,15-/m0/s1. The monoisotopic (exact) mass is 389 g/mol. The Morgan fingerprint density at radius 3 is 3.07 bits per heavy atom. The lowest BCUT2D eigenvalue weighted by atomic mass is 9.94. The molecule has 0 unspecified atom stereocenters. The summed E-state index contributed by atoms with van der Waals surface area (Å²) in [5, 5.41) is 7.44. The Morgan fingerprint density at radius 1 is 1.54 bits per heavy atom. The van der Waals surface area contributed by atoms with Gasteiger partial charge in [-0.05, 0) is 12.8 Å². The van der Waals surface area contributed by atoms with Gasteiger partial charge in [0.25, 0.3) is 5.91 Å². The van der Waals surface area contributed by atoms with E-state index in [0.29, 0.717) is 18.9 Å². The Balaban J connectivity index is 1.92. The van der Waals surface area contributed by atoms with E-state index in [-0.39, 0.29) is 29.2 Å². The van der Waals surface area contributed by atoms with Crippen molar-refractivity contribution < 1.29 is 18.7 Å². The van der Waals surface area contributed by atoms with E-state index in [9.17, 15) is 9.18 Å². The van der Waals surface area contributed by atoms with Crippen molar-refractivity contribution in [1.82, 2.24) is 14.8 Å². The Labute approximate surface area is 162 Å². The third-order valence-corrected chi connectivity index (χ3v) is 4.58. The van der Waals surface area contributed by atoms with Gasteiger partial charge in [0.1, 0.15) is 5.56 Å². The minimum absolute atomic E-state index is 0.0612. The van der Waals surface area contributed by atoms with E-state index in [1.807, 2.05) is 0 Å². The van der Waals surface area contributed by atoms with Crippen molar-refractivity contribution >= 4 is 17.4 Å². The molecule has 1 saturated heterocycles. The molecule has 0 aliphatic carbocycles. The molecule has 9 heteroatoms. The average Bonchev–Trinajstić information content (AvgIpc) is 3.10. The second-order valence-corrected chi connectivity index (χ2v) is 6.51. The van der Waals surface area contributed by atoms with Crippen LogP contribution in [0.25, 0.3) is 0 Å². The number of rotatable bonds is 7. The Bertz CT molecular complexity index is 867. The van der Waals surface area contributed by atoms with E-state index < -0.39 is 11.9 Å². The number of nitrogens with zero attached hydrogens (tertiary/aromatic N) is 3. The van der Waals surface area contributed by atoms with Crippen molar-refractivity contribution in [3.05, 3.63) is 42.0 Å². The average molecular weight is 389 g/mol. The van der Waals surface area contributed by atoms with Gasteiger partial charge in [-0.15, -0.1) is 0 Å². The van der Waals surface area contributed by atoms with Gasteiger partial charge in [0.2, 0.25) is 11.8 Å². The fraction of sp³-hybridized carbons (Fsp3) is 0.421. The van der Waals surface area contributed by atoms with Gasteiger partial charge in [-0.1, -0.05) is 19.1 Å². The van der Waals surface area contributed by atoms with Crippen molar-refractivity contribution in [2.75, 3.05) is 25.6 Å². The van der Waals surface area contributed by atoms with Crippen LogP contribution in [0.1, 0.15) is 36.2 Å². The number of halogens is 1. The van der Waals surface area contributed by atoms with Crippen LogP contribution in [0, 0.1) is 11.9 Å². The number of carbonyl (C=O) groups excluding carboxylic acids is 1. The van der Waals surface area contributed by atoms with Gasteiger partial charge in [0.15, 0.2) is 5.82 Å². The SMILES string of the molecule is CCC=C[C@H]1CCOC[C@@H]1n1cc(C(N)=O)c(Nc2cc(F)nc(OC)c2)n1. The molecule has 150 valence electrons. The highest BCUT2D eigenvalue weighted by molar-refractivity contribution is 5.98. The molecule has 2 atom stereocenters. The van der Waals surface area contributed by atoms with Crippen LogP contribution in [0.15, 0.2) is 30.5 Å². The van der Waals surface area contributed by atoms with Crippen molar-refractivity contribution in [1.29, 1.82) is 0 Å². The van der Waals surface area contributed by atoms with Crippen LogP contribution in [-0.4, -0.2) is 41.0 Å². The van der Waals surface area contributed by atoms with Gasteiger partial charge in [-0.25, -0.2) is 0 Å². The quantitative estimate of drug-likeness (QED) is 0.557. The maximum absolute atomic E-state index is 13.7. The van der Waals surface area contributed by atoms with Crippen LogP contribution >= 0.6 is 0 Å². The third-order valence-electron chi connectivity index (χ3n) is 4.58. The number of anilines is 2. The van der Waals surface area contributed by atoms with Gasteiger partial charge in [-0.3, -0.25) is 9.48 Å². The molecule has 3 rings (SSSR count). The number of methoxy groups -OCH3 is 1. The van der Waals surface area contributed by atoms with E-state index >= 15 is 0 Å². The summed E-state index contributed by atoms with van der Waals surface area (Å²) in [5.74, 6) is -0.766. The molecule has 1 aliphatic rings. The number of nitrogens with two attached hydrogens (primary N) is 1. The van der Waals surface area contributed by atoms with Crippen LogP contribution in [0.5, 0.6) is 5.88 Å². The van der Waals surface area contributed by atoms with Crippen LogP contribution < -0.4 is 15.8 Å². The van der Waals surface area contributed by atoms with Gasteiger partial charge < -0.3 is 20.5 Å². The van der Waals surface area contributed by atoms with Crippen molar-refractivity contribution in [2.24, 2.45) is 11.7 Å². The summed E-state index contributed by atoms with van der Waals surface area (Å²) in [7, 11) is 1.39. The molecule has 1 amide bonds. The topological polar surface area (TPSA) is 104 Å². The first-order chi connectivity index (χ1) is 13.5. The number of aromatic nitrogens is 3. The van der Waals surface area contributed by atoms with Crippen LogP contribution in [0.3, 0.4) is 0 Å². The number of amides is 1. The highest BCUT2D eigenvalue weighted by Crippen LogP contribution is 2.30. The number of primary amides is 1. The van der Waals surface area contributed by atoms with Crippen molar-refractivity contribution in [3.63, 3.8) is 0 Å². The zero-order valence-corrected chi connectivity index (χ0v) is 15.9. The molecule has 0 aromatic carbocycles. The predicted molar refractivity (Wildman–Crippen MR) is 102 cm³/mol. The van der Waals surface area contributed by atoms with Crippen LogP contribution in [-0.2, 0) is 4.74 Å². The van der Waals surface area contributed by atoms with E-state index in [0.717, 1.165) is 12.8 Å². The number of ether oxygens (including phenoxy) is 2. The first-order valence-corrected chi connectivity index (χ1v) is 9.13. The normalized spacial score (nSPS) is 19.7. The van der Waals surface area contributed by atoms with Crippen molar-refractivity contribution in [3.8, 4) is 5.88 Å². The number of hydrogen-bond donors (Lipinski definition) is 2. The zero-order chi connectivity index (χ0) is 20.1. The summed E-state index contributed by atoms with van der Waals surface area (Å²) in [6, 6.07) is 2.63. The minimum Gasteiger partial charge on any atom is -0.481 e. The lowest BCUT2D eigenvalue weighted by Crippen LogP contribution is -2.29. The zero-order valence-electron chi connectivity index (χ0n) is 15.9. The molecule has 2 aromatic rings. The lowest BCUT2D eigenvalue weighted by Gasteiger charge is -2.29. The largest absolute Gasteiger partial charge is 0.481 e. The summed E-state index contributed by atoms with van der Waals surface area (Å²) in [6.45, 7) is 3.24. The maximum Gasteiger partial charge on any atom is 0.254 e. The fourth-order valence-electron chi connectivity index (χ4n) is 3.17. The number of nitrogens with one attached hydrogen (secondary N) is 1. The molecule has 2 aromatic heterocycles. The van der Waals surface area contributed by atoms with Gasteiger partial charge in [-0.2, -0.15) is 14.5 Å². The number of allylic oxidation sites excluding steroid dienone is 2. The molecule has 3 heterocycles. The van der Waals surface area contributed by atoms with E-state index in [1.54, 1.807) is 10.9 Å². The van der Waals surface area contributed by atoms with Gasteiger partial charge >= 0.3 is 0 Å². The molecule has 0 bridgehead atoms. The van der Waals surface area contributed by atoms with Gasteiger partial charge in [0.05, 0.1) is 19.8 Å². The number of pyridine rings is 1. The number of carbonyl (C=O) groups is 1. The Hall–Kier alpha value is -2.94. The smallest absolute Gasteiger partial charge is 0.254 e. The molecule has 1 fully saturated rings. The second kappa shape index (κ2) is 8.83. The molecule has 1 aliphatic heterocycles. The van der Waals surface area contributed by atoms with Gasteiger partial charge in [0, 0.05) is 36.5 Å². The summed E-state index contributed by atoms with van der Waals surface area (Å²) in [4.78, 5) is 15.5. The maximum atomic E-state index is 13.7. The Morgan fingerprint density at radius 2 is 2.36 bits per heavy atom. The molecule has 0 radical (unpaired) electrons. The Kier molecular flexibility index (Phi) is 6.25. The summed E-state index contributed by atoms with van der Waals surface area (Å²) >= 11 is 0. The summed E-state index contributed by atoms with van der Waals surface area (Å²) in [6.07, 6.45) is 7.69. The molecule has 3 N–H and O–H groups in total. The molecule has 28 heavy (non-hydrogen) atoms. The van der Waals surface area contributed by atoms with Crippen LogP contribution in [0.2, 0.25) is 0 Å². The molecular formula is C19H24FN5O3. The van der Waals surface area contributed by atoms with E-state index in [4.69, 9.17) is 15.2 Å². The van der Waals surface area contributed by atoms with Crippen LogP contribution in [0.4, 0.5) is 15.9 Å². The number of hydrogen-bond acceptors (Lipinski definition) is 6. The lowest BCUT2D eigenvalue weighted by molar-refractivity contribution is 0.0320. The summed E-state index contributed by atoms with van der Waals surface area (Å²) < 4.78 is 26.0. The molecule has 8 nitrogen and oxygen atoms in total. The first-order valence-electron chi connectivity index (χ1n) is 9.13. The third kappa shape index (κ3) is 4.48. The van der Waals surface area contributed by atoms with Crippen molar-refractivity contribution in [2.45, 2.75) is 25.8 Å². The molecule has 0 spiro atoms. The molecule has 0 saturated carbocycles. The van der Waals surface area contributed by atoms with E-state index in [1.165, 1.54) is 19.2 Å².